The van der Waals surface area contributed by atoms with Crippen molar-refractivity contribution in [2.75, 3.05) is 11.9 Å². The normalized spacial score (nSPS) is 22.8. The summed E-state index contributed by atoms with van der Waals surface area (Å²) in [5.74, 6) is -1.86. The van der Waals surface area contributed by atoms with E-state index in [1.807, 2.05) is 30.3 Å². The molecular formula is C15H19NO3. The maximum Gasteiger partial charge on any atom is 0.307 e. The number of hydrogen-bond acceptors (Lipinski definition) is 2. The number of amides is 1. The lowest BCUT2D eigenvalue weighted by atomic mass is 9.78. The number of hydrogen-bond donors (Lipinski definition) is 1. The SMILES string of the molecule is CN(C(=O)[C@@H]1CCCC[C@H]1C(=O)O)c1ccccc1. The Balaban J connectivity index is 2.15. The van der Waals surface area contributed by atoms with E-state index in [4.69, 9.17) is 0 Å². The maximum atomic E-state index is 12.5. The van der Waals surface area contributed by atoms with Crippen LogP contribution in [0, 0.1) is 11.8 Å². The van der Waals surface area contributed by atoms with Gasteiger partial charge in [0.1, 0.15) is 0 Å². The van der Waals surface area contributed by atoms with Crippen LogP contribution in [0.25, 0.3) is 0 Å². The van der Waals surface area contributed by atoms with Gasteiger partial charge in [0.15, 0.2) is 0 Å². The number of rotatable bonds is 3. The van der Waals surface area contributed by atoms with Gasteiger partial charge in [0.05, 0.1) is 11.8 Å². The van der Waals surface area contributed by atoms with Crippen LogP contribution in [0.5, 0.6) is 0 Å². The Morgan fingerprint density at radius 1 is 1.11 bits per heavy atom. The molecule has 1 aliphatic rings. The van der Waals surface area contributed by atoms with E-state index < -0.39 is 17.8 Å². The first-order chi connectivity index (χ1) is 9.11. The van der Waals surface area contributed by atoms with Crippen molar-refractivity contribution in [2.45, 2.75) is 25.7 Å². The number of benzene rings is 1. The third-order valence-corrected chi connectivity index (χ3v) is 3.87. The molecule has 4 nitrogen and oxygen atoms in total. The van der Waals surface area contributed by atoms with E-state index in [-0.39, 0.29) is 5.91 Å². The van der Waals surface area contributed by atoms with Crippen molar-refractivity contribution in [3.63, 3.8) is 0 Å². The van der Waals surface area contributed by atoms with Crippen LogP contribution in [0.4, 0.5) is 5.69 Å². The van der Waals surface area contributed by atoms with Gasteiger partial charge in [-0.05, 0) is 25.0 Å². The largest absolute Gasteiger partial charge is 0.481 e. The number of carboxylic acids is 1. The predicted octanol–water partition coefficient (Wildman–Crippen LogP) is 2.54. The van der Waals surface area contributed by atoms with Crippen LogP contribution in [-0.4, -0.2) is 24.0 Å². The zero-order chi connectivity index (χ0) is 13.8. The van der Waals surface area contributed by atoms with Crippen LogP contribution in [0.1, 0.15) is 25.7 Å². The molecule has 1 aromatic rings. The van der Waals surface area contributed by atoms with Gasteiger partial charge >= 0.3 is 5.97 Å². The third-order valence-electron chi connectivity index (χ3n) is 3.87. The van der Waals surface area contributed by atoms with Crippen LogP contribution in [0.2, 0.25) is 0 Å². The summed E-state index contributed by atoms with van der Waals surface area (Å²) < 4.78 is 0. The van der Waals surface area contributed by atoms with Gasteiger partial charge in [-0.3, -0.25) is 9.59 Å². The minimum absolute atomic E-state index is 0.0849. The molecule has 1 aliphatic carbocycles. The number of carbonyl (C=O) groups is 2. The first kappa shape index (κ1) is 13.6. The molecule has 0 aliphatic heterocycles. The third kappa shape index (κ3) is 2.95. The van der Waals surface area contributed by atoms with Gasteiger partial charge in [-0.2, -0.15) is 0 Å². The van der Waals surface area contributed by atoms with Crippen molar-refractivity contribution < 1.29 is 14.7 Å². The highest BCUT2D eigenvalue weighted by molar-refractivity contribution is 5.96. The number of para-hydroxylation sites is 1. The zero-order valence-corrected chi connectivity index (χ0v) is 11.1. The molecule has 1 N–H and O–H groups in total. The molecule has 102 valence electrons. The molecule has 1 fully saturated rings. The highest BCUT2D eigenvalue weighted by atomic mass is 16.4. The van der Waals surface area contributed by atoms with Gasteiger partial charge in [0, 0.05) is 12.7 Å². The molecule has 0 unspecified atom stereocenters. The molecule has 0 spiro atoms. The monoisotopic (exact) mass is 261 g/mol. The average molecular weight is 261 g/mol. The minimum atomic E-state index is -0.848. The first-order valence-corrected chi connectivity index (χ1v) is 6.66. The molecule has 0 heterocycles. The van der Waals surface area contributed by atoms with Gasteiger partial charge in [0.25, 0.3) is 0 Å². The summed E-state index contributed by atoms with van der Waals surface area (Å²) in [5, 5.41) is 9.24. The number of carboxylic acid groups (broad SMARTS) is 1. The predicted molar refractivity (Wildman–Crippen MR) is 72.9 cm³/mol. The highest BCUT2D eigenvalue weighted by Gasteiger charge is 2.37. The lowest BCUT2D eigenvalue weighted by Crippen LogP contribution is -2.40. The summed E-state index contributed by atoms with van der Waals surface area (Å²) >= 11 is 0. The molecule has 2 rings (SSSR count). The molecule has 1 amide bonds. The quantitative estimate of drug-likeness (QED) is 0.909. The summed E-state index contributed by atoms with van der Waals surface area (Å²) in [6, 6.07) is 9.35. The van der Waals surface area contributed by atoms with Gasteiger partial charge in [-0.1, -0.05) is 31.0 Å². The van der Waals surface area contributed by atoms with E-state index in [9.17, 15) is 14.7 Å². The van der Waals surface area contributed by atoms with Crippen molar-refractivity contribution in [1.29, 1.82) is 0 Å². The maximum absolute atomic E-state index is 12.5. The lowest BCUT2D eigenvalue weighted by Gasteiger charge is -2.31. The van der Waals surface area contributed by atoms with E-state index >= 15 is 0 Å². The molecule has 19 heavy (non-hydrogen) atoms. The smallest absolute Gasteiger partial charge is 0.307 e. The Morgan fingerprint density at radius 2 is 1.68 bits per heavy atom. The number of anilines is 1. The molecular weight excluding hydrogens is 242 g/mol. The van der Waals surface area contributed by atoms with E-state index in [0.29, 0.717) is 12.8 Å². The zero-order valence-electron chi connectivity index (χ0n) is 11.1. The fraction of sp³-hybridized carbons (Fsp3) is 0.467. The van der Waals surface area contributed by atoms with Gasteiger partial charge in [0.2, 0.25) is 5.91 Å². The Bertz CT molecular complexity index is 458. The molecule has 0 saturated heterocycles. The van der Waals surface area contributed by atoms with Crippen molar-refractivity contribution in [3.05, 3.63) is 30.3 Å². The van der Waals surface area contributed by atoms with E-state index in [1.54, 1.807) is 11.9 Å². The van der Waals surface area contributed by atoms with E-state index in [1.165, 1.54) is 0 Å². The Morgan fingerprint density at radius 3 is 2.26 bits per heavy atom. The second-order valence-electron chi connectivity index (χ2n) is 5.07. The second kappa shape index (κ2) is 5.87. The van der Waals surface area contributed by atoms with Crippen LogP contribution < -0.4 is 4.90 Å². The Hall–Kier alpha value is -1.84. The van der Waals surface area contributed by atoms with Crippen LogP contribution in [0.15, 0.2) is 30.3 Å². The number of carbonyl (C=O) groups excluding carboxylic acids is 1. The summed E-state index contributed by atoms with van der Waals surface area (Å²) in [6.07, 6.45) is 3.11. The molecule has 2 atom stereocenters. The minimum Gasteiger partial charge on any atom is -0.481 e. The van der Waals surface area contributed by atoms with Crippen molar-refractivity contribution in [3.8, 4) is 0 Å². The summed E-state index contributed by atoms with van der Waals surface area (Å²) in [6.45, 7) is 0. The van der Waals surface area contributed by atoms with E-state index in [2.05, 4.69) is 0 Å². The van der Waals surface area contributed by atoms with Crippen LogP contribution in [0.3, 0.4) is 0 Å². The summed E-state index contributed by atoms with van der Waals surface area (Å²) in [4.78, 5) is 25.3. The van der Waals surface area contributed by atoms with Gasteiger partial charge < -0.3 is 10.0 Å². The second-order valence-corrected chi connectivity index (χ2v) is 5.07. The van der Waals surface area contributed by atoms with Gasteiger partial charge in [-0.25, -0.2) is 0 Å². The molecule has 1 saturated carbocycles. The topological polar surface area (TPSA) is 57.6 Å². The molecule has 0 radical (unpaired) electrons. The van der Waals surface area contributed by atoms with Crippen molar-refractivity contribution >= 4 is 17.6 Å². The summed E-state index contributed by atoms with van der Waals surface area (Å²) in [7, 11) is 1.71. The Labute approximate surface area is 113 Å². The van der Waals surface area contributed by atoms with Crippen LogP contribution in [-0.2, 0) is 9.59 Å². The molecule has 0 bridgehead atoms. The summed E-state index contributed by atoms with van der Waals surface area (Å²) in [5.41, 5.74) is 0.808. The fourth-order valence-electron chi connectivity index (χ4n) is 2.75. The number of aliphatic carboxylic acids is 1. The standard InChI is InChI=1S/C15H19NO3/c1-16(11-7-3-2-4-8-11)14(17)12-9-5-6-10-13(12)15(18)19/h2-4,7-8,12-13H,5-6,9-10H2,1H3,(H,18,19)/t12-,13-/m1/s1. The highest BCUT2D eigenvalue weighted by Crippen LogP contribution is 2.32. The van der Waals surface area contributed by atoms with Crippen molar-refractivity contribution in [2.24, 2.45) is 11.8 Å². The first-order valence-electron chi connectivity index (χ1n) is 6.66. The fourth-order valence-corrected chi connectivity index (χ4v) is 2.75. The molecule has 4 heteroatoms. The average Bonchev–Trinajstić information content (AvgIpc) is 2.46. The molecule has 1 aromatic carbocycles. The Kier molecular flexibility index (Phi) is 4.20. The number of nitrogens with zero attached hydrogens (tertiary/aromatic N) is 1. The lowest BCUT2D eigenvalue weighted by molar-refractivity contribution is -0.148. The van der Waals surface area contributed by atoms with Crippen LogP contribution >= 0.6 is 0 Å². The van der Waals surface area contributed by atoms with E-state index in [0.717, 1.165) is 18.5 Å². The molecule has 0 aromatic heterocycles. The van der Waals surface area contributed by atoms with Crippen molar-refractivity contribution in [1.82, 2.24) is 0 Å². The van der Waals surface area contributed by atoms with Gasteiger partial charge in [-0.15, -0.1) is 0 Å².